The zero-order chi connectivity index (χ0) is 23.3. The lowest BCUT2D eigenvalue weighted by Gasteiger charge is -2.43. The van der Waals surface area contributed by atoms with Gasteiger partial charge in [0.2, 0.25) is 0 Å². The van der Waals surface area contributed by atoms with E-state index in [9.17, 15) is 9.90 Å². The third-order valence-corrected chi connectivity index (χ3v) is 7.92. The average molecular weight is 456 g/mol. The molecule has 3 aromatic carbocycles. The largest absolute Gasteiger partial charge is 0.497 e. The van der Waals surface area contributed by atoms with Gasteiger partial charge in [-0.15, -0.1) is 0 Å². The number of amides is 1. The minimum Gasteiger partial charge on any atom is -0.497 e. The van der Waals surface area contributed by atoms with Crippen molar-refractivity contribution in [3.63, 3.8) is 0 Å². The van der Waals surface area contributed by atoms with E-state index in [1.807, 2.05) is 41.3 Å². The number of benzene rings is 3. The summed E-state index contributed by atoms with van der Waals surface area (Å²) in [5.41, 5.74) is 4.77. The van der Waals surface area contributed by atoms with Gasteiger partial charge in [0.1, 0.15) is 12.4 Å². The van der Waals surface area contributed by atoms with E-state index in [0.29, 0.717) is 19.4 Å². The molecule has 0 aromatic heterocycles. The number of aliphatic hydroxyl groups is 1. The minimum absolute atomic E-state index is 0.0226. The van der Waals surface area contributed by atoms with Crippen LogP contribution in [0.15, 0.2) is 72.8 Å². The number of rotatable bonds is 4. The van der Waals surface area contributed by atoms with Gasteiger partial charge in [0, 0.05) is 30.8 Å². The molecule has 2 unspecified atom stereocenters. The van der Waals surface area contributed by atoms with Crippen LogP contribution < -0.4 is 4.74 Å². The zero-order valence-corrected chi connectivity index (χ0v) is 19.3. The number of methoxy groups -OCH3 is 1. The molecule has 3 aromatic rings. The van der Waals surface area contributed by atoms with E-state index in [2.05, 4.69) is 36.4 Å². The van der Waals surface area contributed by atoms with Crippen LogP contribution in [-0.4, -0.2) is 41.9 Å². The molecule has 6 rings (SSSR count). The van der Waals surface area contributed by atoms with Crippen molar-refractivity contribution in [3.8, 4) is 16.9 Å². The van der Waals surface area contributed by atoms with Gasteiger partial charge < -0.3 is 19.5 Å². The number of piperidine rings is 1. The van der Waals surface area contributed by atoms with E-state index in [-0.39, 0.29) is 24.1 Å². The Balaban J connectivity index is 1.18. The van der Waals surface area contributed by atoms with Gasteiger partial charge in [-0.25, -0.2) is 4.79 Å². The van der Waals surface area contributed by atoms with Gasteiger partial charge in [0.15, 0.2) is 0 Å². The molecule has 2 heterocycles. The molecule has 2 saturated heterocycles. The lowest BCUT2D eigenvalue weighted by atomic mass is 9.80. The van der Waals surface area contributed by atoms with Crippen molar-refractivity contribution in [3.05, 3.63) is 89.5 Å². The zero-order valence-electron chi connectivity index (χ0n) is 19.3. The first-order valence-corrected chi connectivity index (χ1v) is 12.1. The minimum atomic E-state index is -0.958. The fraction of sp³-hybridized carbons (Fsp3) is 0.345. The molecule has 5 heteroatoms. The first kappa shape index (κ1) is 21.2. The van der Waals surface area contributed by atoms with E-state index in [1.54, 1.807) is 7.11 Å². The van der Waals surface area contributed by atoms with Crippen LogP contribution in [-0.2, 0) is 10.3 Å². The summed E-state index contributed by atoms with van der Waals surface area (Å²) in [7, 11) is 1.63. The Labute approximate surface area is 199 Å². The maximum atomic E-state index is 13.3. The summed E-state index contributed by atoms with van der Waals surface area (Å²) >= 11 is 0. The highest BCUT2D eigenvalue weighted by atomic mass is 16.6. The molecule has 0 spiro atoms. The lowest BCUT2D eigenvalue weighted by molar-refractivity contribution is -0.0532. The molecule has 2 fully saturated rings. The van der Waals surface area contributed by atoms with Crippen molar-refractivity contribution in [1.82, 2.24) is 4.90 Å². The topological polar surface area (TPSA) is 59.0 Å². The molecule has 5 nitrogen and oxygen atoms in total. The van der Waals surface area contributed by atoms with E-state index in [1.165, 1.54) is 22.3 Å². The predicted molar refractivity (Wildman–Crippen MR) is 130 cm³/mol. The third kappa shape index (κ3) is 3.38. The van der Waals surface area contributed by atoms with Gasteiger partial charge in [-0.2, -0.15) is 0 Å². The monoisotopic (exact) mass is 455 g/mol. The van der Waals surface area contributed by atoms with E-state index in [0.717, 1.165) is 24.2 Å². The van der Waals surface area contributed by atoms with Crippen molar-refractivity contribution in [2.75, 3.05) is 13.7 Å². The molecule has 174 valence electrons. The number of carbonyl (C=O) groups excluding carboxylic acids is 1. The fourth-order valence-corrected chi connectivity index (χ4v) is 6.34. The van der Waals surface area contributed by atoms with Crippen LogP contribution >= 0.6 is 0 Å². The molecule has 2 bridgehead atoms. The Kier molecular flexibility index (Phi) is 5.10. The van der Waals surface area contributed by atoms with Gasteiger partial charge >= 0.3 is 6.09 Å². The molecule has 3 aliphatic rings. The maximum Gasteiger partial charge on any atom is 0.410 e. The standard InChI is InChI=1S/C29H29NO4/c1-33-22-8-6-7-19(15-22)29(32)16-20-13-14-21(17-29)30(20)28(31)34-18-27-25-11-4-2-9-23(25)24-10-3-5-12-26(24)27/h2-12,15,20-21,27,32H,13-14,16-18H2,1H3. The van der Waals surface area contributed by atoms with E-state index < -0.39 is 5.60 Å². The first-order chi connectivity index (χ1) is 16.6. The van der Waals surface area contributed by atoms with Crippen molar-refractivity contribution in [2.24, 2.45) is 0 Å². The number of nitrogens with zero attached hydrogens (tertiary/aromatic N) is 1. The number of fused-ring (bicyclic) bond motifs is 5. The van der Waals surface area contributed by atoms with Gasteiger partial charge in [0.25, 0.3) is 0 Å². The van der Waals surface area contributed by atoms with E-state index in [4.69, 9.17) is 9.47 Å². The third-order valence-electron chi connectivity index (χ3n) is 7.92. The Morgan fingerprint density at radius 3 is 2.18 bits per heavy atom. The first-order valence-electron chi connectivity index (χ1n) is 12.1. The van der Waals surface area contributed by atoms with Crippen LogP contribution in [0.5, 0.6) is 5.75 Å². The number of carbonyl (C=O) groups is 1. The summed E-state index contributed by atoms with van der Waals surface area (Å²) < 4.78 is 11.3. The second kappa shape index (κ2) is 8.17. The van der Waals surface area contributed by atoms with Crippen LogP contribution in [0, 0.1) is 0 Å². The molecule has 1 N–H and O–H groups in total. The van der Waals surface area contributed by atoms with Crippen molar-refractivity contribution >= 4 is 6.09 Å². The van der Waals surface area contributed by atoms with Crippen molar-refractivity contribution < 1.29 is 19.4 Å². The van der Waals surface area contributed by atoms with Crippen molar-refractivity contribution in [2.45, 2.75) is 49.3 Å². The maximum absolute atomic E-state index is 13.3. The number of hydrogen-bond acceptors (Lipinski definition) is 4. The molecular weight excluding hydrogens is 426 g/mol. The highest BCUT2D eigenvalue weighted by molar-refractivity contribution is 5.79. The molecule has 0 radical (unpaired) electrons. The summed E-state index contributed by atoms with van der Waals surface area (Å²) in [6.07, 6.45) is 2.55. The molecule has 2 aliphatic heterocycles. The van der Waals surface area contributed by atoms with Crippen LogP contribution in [0.4, 0.5) is 4.79 Å². The van der Waals surface area contributed by atoms with Gasteiger partial charge in [-0.3, -0.25) is 0 Å². The van der Waals surface area contributed by atoms with Gasteiger partial charge in [0.05, 0.1) is 12.7 Å². The van der Waals surface area contributed by atoms with Crippen molar-refractivity contribution in [1.29, 1.82) is 0 Å². The Morgan fingerprint density at radius 1 is 0.941 bits per heavy atom. The Bertz CT molecular complexity index is 1180. The second-order valence-corrected chi connectivity index (χ2v) is 9.77. The van der Waals surface area contributed by atoms with Gasteiger partial charge in [-0.05, 0) is 52.8 Å². The number of hydrogen-bond donors (Lipinski definition) is 1. The quantitative estimate of drug-likeness (QED) is 0.568. The van der Waals surface area contributed by atoms with Crippen LogP contribution in [0.2, 0.25) is 0 Å². The molecule has 2 atom stereocenters. The van der Waals surface area contributed by atoms with E-state index >= 15 is 0 Å². The number of ether oxygens (including phenoxy) is 2. The predicted octanol–water partition coefficient (Wildman–Crippen LogP) is 5.46. The SMILES string of the molecule is COc1cccc(C2(O)CC3CCC(C2)N3C(=O)OCC2c3ccccc3-c3ccccc32)c1. The summed E-state index contributed by atoms with van der Waals surface area (Å²) in [6.45, 7) is 0.322. The summed E-state index contributed by atoms with van der Waals surface area (Å²) in [5, 5.41) is 11.5. The highest BCUT2D eigenvalue weighted by Gasteiger charge is 2.50. The molecule has 1 aliphatic carbocycles. The average Bonchev–Trinajstić information content (AvgIpc) is 3.34. The highest BCUT2D eigenvalue weighted by Crippen LogP contribution is 2.47. The van der Waals surface area contributed by atoms with Gasteiger partial charge in [-0.1, -0.05) is 60.7 Å². The van der Waals surface area contributed by atoms with Crippen LogP contribution in [0.25, 0.3) is 11.1 Å². The van der Waals surface area contributed by atoms with Crippen LogP contribution in [0.3, 0.4) is 0 Å². The Hall–Kier alpha value is -3.31. The summed E-state index contributed by atoms with van der Waals surface area (Å²) in [6, 6.07) is 24.3. The lowest BCUT2D eigenvalue weighted by Crippen LogP contribution is -2.52. The molecule has 0 saturated carbocycles. The summed E-state index contributed by atoms with van der Waals surface area (Å²) in [5.74, 6) is 0.782. The fourth-order valence-electron chi connectivity index (χ4n) is 6.34. The smallest absolute Gasteiger partial charge is 0.410 e. The van der Waals surface area contributed by atoms with Crippen LogP contribution in [0.1, 0.15) is 48.3 Å². The normalized spacial score (nSPS) is 25.1. The second-order valence-electron chi connectivity index (χ2n) is 9.77. The Morgan fingerprint density at radius 2 is 1.56 bits per heavy atom. The summed E-state index contributed by atoms with van der Waals surface area (Å²) in [4.78, 5) is 15.2. The molecule has 1 amide bonds. The molecular formula is C29H29NO4. The molecule has 34 heavy (non-hydrogen) atoms.